The van der Waals surface area contributed by atoms with Gasteiger partial charge in [-0.05, 0) is 6.07 Å². The number of amides is 1. The first kappa shape index (κ1) is 14.8. The summed E-state index contributed by atoms with van der Waals surface area (Å²) >= 11 is 5.75. The first-order valence-corrected chi connectivity index (χ1v) is 5.82. The molecule has 6 nitrogen and oxygen atoms in total. The van der Waals surface area contributed by atoms with E-state index < -0.39 is 33.8 Å². The molecule has 9 heteroatoms. The van der Waals surface area contributed by atoms with Gasteiger partial charge in [-0.2, -0.15) is 4.39 Å². The topological polar surface area (TPSA) is 85.1 Å². The van der Waals surface area contributed by atoms with E-state index >= 15 is 0 Å². The monoisotopic (exact) mass is 313 g/mol. The Balaban J connectivity index is 2.36. The summed E-state index contributed by atoms with van der Waals surface area (Å²) in [7, 11) is 0. The van der Waals surface area contributed by atoms with Gasteiger partial charge in [0.05, 0.1) is 21.2 Å². The molecule has 0 spiro atoms. The second-order valence-corrected chi connectivity index (χ2v) is 4.26. The maximum absolute atomic E-state index is 13.5. The Labute approximate surface area is 121 Å². The van der Waals surface area contributed by atoms with Gasteiger partial charge >= 0.3 is 5.69 Å². The summed E-state index contributed by atoms with van der Waals surface area (Å²) in [5, 5.41) is 12.7. The fraction of sp³-hybridized carbons (Fsp3) is 0. The molecule has 0 atom stereocenters. The molecule has 1 aromatic heterocycles. The molecule has 0 radical (unpaired) electrons. The Bertz CT molecular complexity index is 740. The van der Waals surface area contributed by atoms with E-state index in [4.69, 9.17) is 11.6 Å². The number of carbonyl (C=O) groups is 1. The molecule has 0 unspecified atom stereocenters. The molecule has 21 heavy (non-hydrogen) atoms. The van der Waals surface area contributed by atoms with Crippen molar-refractivity contribution in [1.82, 2.24) is 4.98 Å². The second kappa shape index (κ2) is 5.80. The summed E-state index contributed by atoms with van der Waals surface area (Å²) in [6, 6.07) is 2.20. The molecule has 2 rings (SSSR count). The third-order valence-corrected chi connectivity index (χ3v) is 2.80. The van der Waals surface area contributed by atoms with Crippen LogP contribution >= 0.6 is 11.6 Å². The number of nitro groups is 1. The lowest BCUT2D eigenvalue weighted by Gasteiger charge is -2.07. The smallest absolute Gasteiger partial charge is 0.307 e. The van der Waals surface area contributed by atoms with Gasteiger partial charge in [0.2, 0.25) is 5.82 Å². The fourth-order valence-electron chi connectivity index (χ4n) is 1.52. The molecule has 0 bridgehead atoms. The van der Waals surface area contributed by atoms with E-state index in [0.29, 0.717) is 12.1 Å². The van der Waals surface area contributed by atoms with Gasteiger partial charge in [0.25, 0.3) is 5.91 Å². The first-order chi connectivity index (χ1) is 9.90. The highest BCUT2D eigenvalue weighted by atomic mass is 35.5. The third-order valence-electron chi connectivity index (χ3n) is 2.50. The second-order valence-electron chi connectivity index (χ2n) is 3.85. The Kier molecular flexibility index (Phi) is 4.08. The van der Waals surface area contributed by atoms with Crippen molar-refractivity contribution in [2.24, 2.45) is 0 Å². The number of aromatic nitrogens is 1. The van der Waals surface area contributed by atoms with Crippen LogP contribution in [0.5, 0.6) is 0 Å². The molecule has 108 valence electrons. The maximum atomic E-state index is 13.5. The lowest BCUT2D eigenvalue weighted by atomic mass is 10.2. The number of benzene rings is 1. The lowest BCUT2D eigenvalue weighted by Crippen LogP contribution is -2.14. The highest BCUT2D eigenvalue weighted by Crippen LogP contribution is 2.26. The molecular formula is C12H6ClF2N3O3. The Hall–Kier alpha value is -2.61. The summed E-state index contributed by atoms with van der Waals surface area (Å²) in [6.45, 7) is 0. The standard InChI is InChI=1S/C12H6ClF2N3O3/c13-7-5-16-2-1-6(7)12(19)17-10-4-11(18(20)21)9(15)3-8(10)14/h1-5H,(H,17,19). The van der Waals surface area contributed by atoms with Crippen LogP contribution in [0, 0.1) is 21.7 Å². The van der Waals surface area contributed by atoms with Gasteiger partial charge in [0.15, 0.2) is 0 Å². The van der Waals surface area contributed by atoms with Crippen molar-refractivity contribution in [2.75, 3.05) is 5.32 Å². The van der Waals surface area contributed by atoms with Crippen LogP contribution in [0.2, 0.25) is 5.02 Å². The van der Waals surface area contributed by atoms with Crippen molar-refractivity contribution < 1.29 is 18.5 Å². The Morgan fingerprint density at radius 2 is 2.05 bits per heavy atom. The lowest BCUT2D eigenvalue weighted by molar-refractivity contribution is -0.387. The zero-order valence-electron chi connectivity index (χ0n) is 10.1. The predicted octanol–water partition coefficient (Wildman–Crippen LogP) is 3.17. The minimum Gasteiger partial charge on any atom is -0.319 e. The molecule has 0 saturated heterocycles. The first-order valence-electron chi connectivity index (χ1n) is 5.44. The highest BCUT2D eigenvalue weighted by molar-refractivity contribution is 6.34. The van der Waals surface area contributed by atoms with Gasteiger partial charge in [-0.3, -0.25) is 19.9 Å². The summed E-state index contributed by atoms with van der Waals surface area (Å²) < 4.78 is 26.7. The number of hydrogen-bond acceptors (Lipinski definition) is 4. The fourth-order valence-corrected chi connectivity index (χ4v) is 1.73. The number of hydrogen-bond donors (Lipinski definition) is 1. The average Bonchev–Trinajstić information content (AvgIpc) is 2.41. The van der Waals surface area contributed by atoms with Crippen molar-refractivity contribution in [3.8, 4) is 0 Å². The van der Waals surface area contributed by atoms with E-state index in [1.807, 2.05) is 0 Å². The number of nitrogens with zero attached hydrogens (tertiary/aromatic N) is 2. The van der Waals surface area contributed by atoms with Gasteiger partial charge in [0, 0.05) is 24.5 Å². The van der Waals surface area contributed by atoms with E-state index in [1.165, 1.54) is 18.5 Å². The van der Waals surface area contributed by atoms with E-state index in [0.717, 1.165) is 0 Å². The van der Waals surface area contributed by atoms with Crippen molar-refractivity contribution in [3.63, 3.8) is 0 Å². The van der Waals surface area contributed by atoms with E-state index in [2.05, 4.69) is 10.3 Å². The van der Waals surface area contributed by atoms with E-state index in [-0.39, 0.29) is 10.6 Å². The average molecular weight is 314 g/mol. The number of pyridine rings is 1. The van der Waals surface area contributed by atoms with Crippen LogP contribution in [0.3, 0.4) is 0 Å². The SMILES string of the molecule is O=C(Nc1cc([N+](=O)[O-])c(F)cc1F)c1ccncc1Cl. The number of rotatable bonds is 3. The quantitative estimate of drug-likeness (QED) is 0.696. The molecule has 0 fully saturated rings. The molecule has 0 aliphatic heterocycles. The molecule has 1 heterocycles. The van der Waals surface area contributed by atoms with Crippen molar-refractivity contribution >= 4 is 28.9 Å². The van der Waals surface area contributed by atoms with Crippen molar-refractivity contribution in [2.45, 2.75) is 0 Å². The number of nitro benzene ring substituents is 1. The van der Waals surface area contributed by atoms with Crippen LogP contribution in [-0.4, -0.2) is 15.8 Å². The number of carbonyl (C=O) groups excluding carboxylic acids is 1. The molecule has 2 aromatic rings. The van der Waals surface area contributed by atoms with Crippen LogP contribution in [-0.2, 0) is 0 Å². The van der Waals surface area contributed by atoms with Crippen molar-refractivity contribution in [1.29, 1.82) is 0 Å². The Morgan fingerprint density at radius 3 is 2.67 bits per heavy atom. The van der Waals surface area contributed by atoms with Gasteiger partial charge in [-0.1, -0.05) is 11.6 Å². The van der Waals surface area contributed by atoms with Gasteiger partial charge in [-0.25, -0.2) is 4.39 Å². The predicted molar refractivity (Wildman–Crippen MR) is 70.2 cm³/mol. The zero-order chi connectivity index (χ0) is 15.6. The summed E-state index contributed by atoms with van der Waals surface area (Å²) in [5.41, 5.74) is -1.48. The molecule has 0 aliphatic carbocycles. The van der Waals surface area contributed by atoms with Gasteiger partial charge in [0.1, 0.15) is 5.82 Å². The van der Waals surface area contributed by atoms with Gasteiger partial charge in [-0.15, -0.1) is 0 Å². The summed E-state index contributed by atoms with van der Waals surface area (Å²) in [6.07, 6.45) is 2.50. The normalized spacial score (nSPS) is 10.2. The van der Waals surface area contributed by atoms with Crippen LogP contribution in [0.25, 0.3) is 0 Å². The minimum atomic E-state index is -1.34. The molecular weight excluding hydrogens is 308 g/mol. The highest BCUT2D eigenvalue weighted by Gasteiger charge is 2.20. The Morgan fingerprint density at radius 1 is 1.33 bits per heavy atom. The van der Waals surface area contributed by atoms with Crippen LogP contribution in [0.15, 0.2) is 30.6 Å². The van der Waals surface area contributed by atoms with E-state index in [1.54, 1.807) is 0 Å². The van der Waals surface area contributed by atoms with Crippen LogP contribution in [0.1, 0.15) is 10.4 Å². The third kappa shape index (κ3) is 3.11. The minimum absolute atomic E-state index is 0.00181. The van der Waals surface area contributed by atoms with Crippen LogP contribution < -0.4 is 5.32 Å². The summed E-state index contributed by atoms with van der Waals surface area (Å²) in [5.74, 6) is -3.28. The number of anilines is 1. The molecule has 1 N–H and O–H groups in total. The maximum Gasteiger partial charge on any atom is 0.307 e. The van der Waals surface area contributed by atoms with Crippen LogP contribution in [0.4, 0.5) is 20.2 Å². The summed E-state index contributed by atoms with van der Waals surface area (Å²) in [4.78, 5) is 25.1. The molecule has 1 amide bonds. The van der Waals surface area contributed by atoms with Crippen molar-refractivity contribution in [3.05, 3.63) is 62.9 Å². The number of halogens is 3. The molecule has 0 saturated carbocycles. The number of nitrogens with one attached hydrogen (secondary N) is 1. The molecule has 0 aliphatic rings. The zero-order valence-corrected chi connectivity index (χ0v) is 10.9. The van der Waals surface area contributed by atoms with Gasteiger partial charge < -0.3 is 5.32 Å². The molecule has 1 aromatic carbocycles. The largest absolute Gasteiger partial charge is 0.319 e. The van der Waals surface area contributed by atoms with E-state index in [9.17, 15) is 23.7 Å².